The van der Waals surface area contributed by atoms with E-state index in [9.17, 15) is 0 Å². The Kier molecular flexibility index (Phi) is 3.57. The van der Waals surface area contributed by atoms with Crippen molar-refractivity contribution in [1.82, 2.24) is 0 Å². The lowest BCUT2D eigenvalue weighted by atomic mass is 10.1. The van der Waals surface area contributed by atoms with Crippen LogP contribution in [0.3, 0.4) is 0 Å². The van der Waals surface area contributed by atoms with Gasteiger partial charge in [0.2, 0.25) is 0 Å². The first-order valence-corrected chi connectivity index (χ1v) is 6.45. The van der Waals surface area contributed by atoms with E-state index in [1.54, 1.807) is 0 Å². The number of thioether (sulfide) groups is 1. The Morgan fingerprint density at radius 3 is 2.67 bits per heavy atom. The Morgan fingerprint density at radius 2 is 1.87 bits per heavy atom. The number of hydrogen-bond donors (Lipinski definition) is 0. The van der Waals surface area contributed by atoms with Crippen LogP contribution in [0.4, 0.5) is 0 Å². The predicted molar refractivity (Wildman–Crippen MR) is 70.3 cm³/mol. The van der Waals surface area contributed by atoms with E-state index in [1.807, 2.05) is 11.8 Å². The van der Waals surface area contributed by atoms with Gasteiger partial charge in [-0.3, -0.25) is 0 Å². The molecule has 0 aromatic heterocycles. The van der Waals surface area contributed by atoms with Crippen LogP contribution in [-0.4, -0.2) is 11.5 Å². The van der Waals surface area contributed by atoms with Gasteiger partial charge in [-0.15, -0.1) is 11.8 Å². The van der Waals surface area contributed by atoms with Crippen LogP contribution in [-0.2, 0) is 0 Å². The lowest BCUT2D eigenvalue weighted by molar-refractivity contribution is 1.43. The van der Waals surface area contributed by atoms with E-state index < -0.39 is 0 Å². The summed E-state index contributed by atoms with van der Waals surface area (Å²) in [5.41, 5.74) is 1.33. The van der Waals surface area contributed by atoms with Gasteiger partial charge in [0, 0.05) is 29.3 Å². The fourth-order valence-electron chi connectivity index (χ4n) is 1.61. The molecule has 76 valence electrons. The Morgan fingerprint density at radius 1 is 1.07 bits per heavy atom. The predicted octanol–water partition coefficient (Wildman–Crippen LogP) is 4.15. The van der Waals surface area contributed by atoms with E-state index in [-0.39, 0.29) is 0 Å². The smallest absolute Gasteiger partial charge is 0.131 e. The molecule has 0 spiro atoms. The Balaban J connectivity index is 2.16. The maximum absolute atomic E-state index is 2.29. The highest BCUT2D eigenvalue weighted by Crippen LogP contribution is 2.17. The number of rotatable bonds is 4. The van der Waals surface area contributed by atoms with Crippen LogP contribution in [0.15, 0.2) is 42.5 Å². The van der Waals surface area contributed by atoms with Crippen LogP contribution in [0.5, 0.6) is 0 Å². The second kappa shape index (κ2) is 5.13. The largest absolute Gasteiger partial charge is 0.144 e. The minimum absolute atomic E-state index is 1.11. The average molecular weight is 215 g/mol. The summed E-state index contributed by atoms with van der Waals surface area (Å²) in [4.78, 5) is 0. The van der Waals surface area contributed by atoms with Gasteiger partial charge < -0.3 is 0 Å². The van der Waals surface area contributed by atoms with Crippen LogP contribution >= 0.6 is 11.8 Å². The lowest BCUT2D eigenvalue weighted by Gasteiger charge is -1.96. The van der Waals surface area contributed by atoms with Crippen molar-refractivity contribution in [3.8, 4) is 0 Å². The molecule has 0 aliphatic rings. The van der Waals surface area contributed by atoms with Crippen LogP contribution in [0.2, 0.25) is 0 Å². The summed E-state index contributed by atoms with van der Waals surface area (Å²) < 4.78 is 0. The highest BCUT2D eigenvalue weighted by Gasteiger charge is 2.03. The molecule has 0 radical (unpaired) electrons. The molecule has 0 heterocycles. The average Bonchev–Trinajstić information content (AvgIpc) is 2.29. The normalized spacial score (nSPS) is 10.5. The zero-order chi connectivity index (χ0) is 10.5. The first kappa shape index (κ1) is 10.4. The summed E-state index contributed by atoms with van der Waals surface area (Å²) in [5, 5.41) is 2.64. The molecule has 0 saturated heterocycles. The van der Waals surface area contributed by atoms with Gasteiger partial charge in [0.15, 0.2) is 0 Å². The molecule has 2 aromatic carbocycles. The van der Waals surface area contributed by atoms with Crippen molar-refractivity contribution >= 4 is 22.5 Å². The molecule has 0 aliphatic heterocycles. The Labute approximate surface area is 95.7 Å². The third-order valence-corrected chi connectivity index (χ3v) is 3.23. The van der Waals surface area contributed by atoms with Crippen LogP contribution < -0.4 is 0 Å². The molecule has 15 heavy (non-hydrogen) atoms. The van der Waals surface area contributed by atoms with Crippen molar-refractivity contribution in [2.24, 2.45) is 0 Å². The number of hydrogen-bond acceptors (Lipinski definition) is 1. The van der Waals surface area contributed by atoms with Crippen molar-refractivity contribution < 1.29 is 0 Å². The molecule has 0 unspecified atom stereocenters. The molecule has 2 aromatic rings. The second-order valence-corrected chi connectivity index (χ2v) is 4.79. The molecule has 0 aliphatic carbocycles. The van der Waals surface area contributed by atoms with Gasteiger partial charge in [0.25, 0.3) is 0 Å². The third kappa shape index (κ3) is 2.69. The lowest BCUT2D eigenvalue weighted by Crippen LogP contribution is -1.85. The molecule has 0 bridgehead atoms. The van der Waals surface area contributed by atoms with E-state index in [0.29, 0.717) is 0 Å². The van der Waals surface area contributed by atoms with Crippen molar-refractivity contribution in [2.45, 2.75) is 6.92 Å². The number of benzene rings is 2. The molecular formula is C14H15S+. The van der Waals surface area contributed by atoms with Gasteiger partial charge in [0.1, 0.15) is 5.56 Å². The summed E-state index contributed by atoms with van der Waals surface area (Å²) in [7, 11) is 0. The van der Waals surface area contributed by atoms with E-state index in [2.05, 4.69) is 55.8 Å². The number of fused-ring (bicyclic) bond motifs is 1. The van der Waals surface area contributed by atoms with Gasteiger partial charge >= 0.3 is 0 Å². The van der Waals surface area contributed by atoms with Gasteiger partial charge in [-0.05, 0) is 11.8 Å². The fraction of sp³-hybridized carbons (Fsp3) is 0.214. The van der Waals surface area contributed by atoms with Crippen LogP contribution in [0, 0.1) is 6.42 Å². The highest BCUT2D eigenvalue weighted by molar-refractivity contribution is 7.99. The Hall–Kier alpha value is -1.08. The van der Waals surface area contributed by atoms with Crippen molar-refractivity contribution in [3.63, 3.8) is 0 Å². The monoisotopic (exact) mass is 215 g/mol. The van der Waals surface area contributed by atoms with Crippen molar-refractivity contribution in [3.05, 3.63) is 54.4 Å². The molecule has 0 amide bonds. The highest BCUT2D eigenvalue weighted by atomic mass is 32.2. The minimum Gasteiger partial charge on any atom is -0.144 e. The first-order valence-electron chi connectivity index (χ1n) is 5.30. The summed E-state index contributed by atoms with van der Waals surface area (Å²) in [5.74, 6) is 2.29. The summed E-state index contributed by atoms with van der Waals surface area (Å²) in [6.07, 6.45) is 2.29. The van der Waals surface area contributed by atoms with E-state index in [1.165, 1.54) is 22.1 Å². The quantitative estimate of drug-likeness (QED) is 0.545. The van der Waals surface area contributed by atoms with E-state index >= 15 is 0 Å². The molecule has 0 atom stereocenters. The second-order valence-electron chi connectivity index (χ2n) is 3.47. The summed E-state index contributed by atoms with van der Waals surface area (Å²) in [6.45, 7) is 2.19. The summed E-state index contributed by atoms with van der Waals surface area (Å²) >= 11 is 1.95. The summed E-state index contributed by atoms with van der Waals surface area (Å²) in [6, 6.07) is 15.1. The minimum atomic E-state index is 1.11. The molecule has 1 heteroatoms. The zero-order valence-corrected chi connectivity index (χ0v) is 9.76. The van der Waals surface area contributed by atoms with Gasteiger partial charge in [-0.1, -0.05) is 25.1 Å². The van der Waals surface area contributed by atoms with Gasteiger partial charge in [0.05, 0.1) is 11.8 Å². The maximum Gasteiger partial charge on any atom is 0.131 e. The topological polar surface area (TPSA) is 0 Å². The molecule has 2 rings (SSSR count). The maximum atomic E-state index is 2.29. The van der Waals surface area contributed by atoms with Gasteiger partial charge in [-0.2, -0.15) is 0 Å². The standard InChI is InChI=1S/C14H15S/c1-2-15-10-9-12-7-8-13-5-3-4-6-14(13)11-12/h3-9,11H,2,10H2,1H3/q+1. The molecule has 0 N–H and O–H groups in total. The first-order chi connectivity index (χ1) is 7.40. The zero-order valence-electron chi connectivity index (χ0n) is 8.94. The van der Waals surface area contributed by atoms with Crippen molar-refractivity contribution in [1.29, 1.82) is 0 Å². The SMILES string of the molecule is CCSC[CH+]c1ccc2ccccc2c1. The third-order valence-electron chi connectivity index (χ3n) is 2.41. The van der Waals surface area contributed by atoms with E-state index in [0.717, 1.165) is 5.75 Å². The van der Waals surface area contributed by atoms with Crippen LogP contribution in [0.1, 0.15) is 12.5 Å². The fourth-order valence-corrected chi connectivity index (χ4v) is 2.15. The van der Waals surface area contributed by atoms with Crippen LogP contribution in [0.25, 0.3) is 10.8 Å². The van der Waals surface area contributed by atoms with Crippen molar-refractivity contribution in [2.75, 3.05) is 11.5 Å². The molecule has 0 nitrogen and oxygen atoms in total. The molecular weight excluding hydrogens is 200 g/mol. The van der Waals surface area contributed by atoms with Gasteiger partial charge in [-0.25, -0.2) is 0 Å². The Bertz CT molecular complexity index is 434. The van der Waals surface area contributed by atoms with E-state index in [4.69, 9.17) is 0 Å². The molecule has 0 saturated carbocycles. The molecule has 0 fully saturated rings.